The molecular weight excluding hydrogens is 340 g/mol. The summed E-state index contributed by atoms with van der Waals surface area (Å²) in [5.41, 5.74) is -0.0476. The zero-order chi connectivity index (χ0) is 20.0. The van der Waals surface area contributed by atoms with Crippen LogP contribution in [0.5, 0.6) is 0 Å². The molecule has 1 spiro atoms. The van der Waals surface area contributed by atoms with Gasteiger partial charge in [0.2, 0.25) is 0 Å². The fourth-order valence-electron chi connectivity index (χ4n) is 6.51. The fourth-order valence-corrected chi connectivity index (χ4v) is 6.51. The van der Waals surface area contributed by atoms with Gasteiger partial charge >= 0.3 is 6.09 Å². The Morgan fingerprint density at radius 1 is 1.19 bits per heavy atom. The summed E-state index contributed by atoms with van der Waals surface area (Å²) in [6, 6.07) is 1.02. The molecule has 0 saturated heterocycles. The highest BCUT2D eigenvalue weighted by Gasteiger charge is 2.85. The Hall–Kier alpha value is -1.33. The third-order valence-electron chi connectivity index (χ3n) is 7.43. The average Bonchev–Trinajstić information content (AvgIpc) is 3.16. The van der Waals surface area contributed by atoms with E-state index in [1.807, 2.05) is 0 Å². The van der Waals surface area contributed by atoms with E-state index in [0.717, 1.165) is 13.0 Å². The van der Waals surface area contributed by atoms with Crippen molar-refractivity contribution in [3.05, 3.63) is 24.3 Å². The summed E-state index contributed by atoms with van der Waals surface area (Å²) in [6.45, 7) is 12.2. The van der Waals surface area contributed by atoms with Crippen LogP contribution in [-0.2, 0) is 9.47 Å². The molecule has 1 amide bonds. The molecule has 3 aliphatic rings. The molecule has 0 unspecified atom stereocenters. The van der Waals surface area contributed by atoms with Gasteiger partial charge in [-0.25, -0.2) is 4.79 Å². The van der Waals surface area contributed by atoms with Gasteiger partial charge in [-0.1, -0.05) is 31.2 Å². The molecule has 0 radical (unpaired) electrons. The van der Waals surface area contributed by atoms with E-state index in [-0.39, 0.29) is 35.0 Å². The normalized spacial score (nSPS) is 39.0. The van der Waals surface area contributed by atoms with Gasteiger partial charge in [0, 0.05) is 42.0 Å². The van der Waals surface area contributed by atoms with E-state index in [2.05, 4.69) is 69.1 Å². The summed E-state index contributed by atoms with van der Waals surface area (Å²) >= 11 is 0. The van der Waals surface area contributed by atoms with Crippen molar-refractivity contribution in [3.8, 4) is 0 Å². The van der Waals surface area contributed by atoms with Gasteiger partial charge in [-0.15, -0.1) is 0 Å². The second-order valence-corrected chi connectivity index (χ2v) is 9.00. The molecule has 3 aliphatic carbocycles. The van der Waals surface area contributed by atoms with Gasteiger partial charge in [0.1, 0.15) is 0 Å². The van der Waals surface area contributed by atoms with Gasteiger partial charge in [0.05, 0.1) is 13.2 Å². The lowest BCUT2D eigenvalue weighted by atomic mass is 9.84. The largest absolute Gasteiger partial charge is 0.453 e. The number of alkyl carbamates (subject to hydrolysis) is 1. The van der Waals surface area contributed by atoms with Gasteiger partial charge in [-0.05, 0) is 46.6 Å². The topological polar surface area (TPSA) is 50.8 Å². The van der Waals surface area contributed by atoms with Gasteiger partial charge in [0.25, 0.3) is 0 Å². The van der Waals surface area contributed by atoms with E-state index < -0.39 is 0 Å². The van der Waals surface area contributed by atoms with Crippen molar-refractivity contribution in [1.29, 1.82) is 0 Å². The molecule has 3 rings (SSSR count). The van der Waals surface area contributed by atoms with Crippen LogP contribution in [0.2, 0.25) is 0 Å². The Balaban J connectivity index is 1.95. The Morgan fingerprint density at radius 3 is 2.41 bits per heavy atom. The maximum atomic E-state index is 12.2. The second-order valence-electron chi connectivity index (χ2n) is 9.00. The zero-order valence-electron chi connectivity index (χ0n) is 17.9. The molecular formula is C22H36N2O3. The lowest BCUT2D eigenvalue weighted by Gasteiger charge is -2.35. The van der Waals surface area contributed by atoms with Crippen molar-refractivity contribution >= 4 is 6.09 Å². The maximum Gasteiger partial charge on any atom is 0.407 e. The van der Waals surface area contributed by atoms with E-state index in [0.29, 0.717) is 18.0 Å². The van der Waals surface area contributed by atoms with Crippen LogP contribution >= 0.6 is 0 Å². The van der Waals surface area contributed by atoms with Crippen molar-refractivity contribution in [3.63, 3.8) is 0 Å². The number of hydrogen-bond acceptors (Lipinski definition) is 4. The van der Waals surface area contributed by atoms with Crippen LogP contribution in [0, 0.1) is 22.7 Å². The van der Waals surface area contributed by atoms with E-state index in [1.165, 1.54) is 7.11 Å². The monoisotopic (exact) mass is 376 g/mol. The van der Waals surface area contributed by atoms with E-state index in [4.69, 9.17) is 9.47 Å². The Bertz CT molecular complexity index is 621. The average molecular weight is 377 g/mol. The lowest BCUT2D eigenvalue weighted by molar-refractivity contribution is 0.0253. The number of nitrogens with one attached hydrogen (secondary N) is 1. The molecule has 0 heterocycles. The van der Waals surface area contributed by atoms with E-state index in [1.54, 1.807) is 7.11 Å². The predicted octanol–water partition coefficient (Wildman–Crippen LogP) is 3.61. The van der Waals surface area contributed by atoms with Crippen molar-refractivity contribution in [2.45, 2.75) is 65.3 Å². The lowest BCUT2D eigenvalue weighted by Crippen LogP contribution is -2.48. The number of rotatable bonds is 7. The standard InChI is InChI=1S/C22H36N2O3/c1-14(2)24(15(3)4)13-12-21-17-10-8-9-11-22(17,21)19(26-6)16(5)18(21)23-20(25)27-7/h8-11,14-19H,12-13H2,1-7H3,(H,23,25)/t16-,17+,18-,19+,21-,22+/m1/s1. The molecule has 2 fully saturated rings. The van der Waals surface area contributed by atoms with Crippen molar-refractivity contribution in [2.24, 2.45) is 22.7 Å². The van der Waals surface area contributed by atoms with Gasteiger partial charge in [-0.3, -0.25) is 4.90 Å². The number of methoxy groups -OCH3 is 2. The highest BCUT2D eigenvalue weighted by molar-refractivity contribution is 5.68. The van der Waals surface area contributed by atoms with Crippen LogP contribution in [0.4, 0.5) is 4.79 Å². The maximum absolute atomic E-state index is 12.2. The molecule has 1 N–H and O–H groups in total. The molecule has 0 aromatic carbocycles. The van der Waals surface area contributed by atoms with Crippen LogP contribution in [0.3, 0.4) is 0 Å². The molecule has 0 aromatic rings. The number of allylic oxidation sites excluding steroid dienone is 3. The first kappa shape index (κ1) is 20.4. The number of carbonyl (C=O) groups is 1. The molecule has 152 valence electrons. The Labute approximate surface area is 164 Å². The van der Waals surface area contributed by atoms with Gasteiger partial charge < -0.3 is 14.8 Å². The summed E-state index contributed by atoms with van der Waals surface area (Å²) < 4.78 is 11.0. The number of hydrogen-bond donors (Lipinski definition) is 1. The van der Waals surface area contributed by atoms with Crippen LogP contribution in [0.1, 0.15) is 41.0 Å². The SMILES string of the molecule is COC(=O)N[C@@H]1[C@@H](C)[C@H](OC)[C@]23C=CC=C[C@H]2[C@]13CCN(C(C)C)C(C)C. The molecule has 5 nitrogen and oxygen atoms in total. The number of fused-ring (bicyclic) bond motifs is 1. The molecule has 0 aliphatic heterocycles. The minimum Gasteiger partial charge on any atom is -0.453 e. The Kier molecular flexibility index (Phi) is 5.48. The molecule has 0 bridgehead atoms. The summed E-state index contributed by atoms with van der Waals surface area (Å²) in [6.07, 6.45) is 9.74. The second kappa shape index (κ2) is 7.25. The third kappa shape index (κ3) is 2.77. The summed E-state index contributed by atoms with van der Waals surface area (Å²) in [5, 5.41) is 3.18. The minimum atomic E-state index is -0.348. The van der Waals surface area contributed by atoms with Crippen LogP contribution < -0.4 is 5.32 Å². The highest BCUT2D eigenvalue weighted by Crippen LogP contribution is 2.82. The fraction of sp³-hybridized carbons (Fsp3) is 0.773. The Morgan fingerprint density at radius 2 is 1.85 bits per heavy atom. The summed E-state index contributed by atoms with van der Waals surface area (Å²) in [5.74, 6) is 0.632. The van der Waals surface area contributed by atoms with E-state index in [9.17, 15) is 4.79 Å². The van der Waals surface area contributed by atoms with Crippen LogP contribution in [-0.4, -0.2) is 56.0 Å². The summed E-state index contributed by atoms with van der Waals surface area (Å²) in [4.78, 5) is 14.7. The third-order valence-corrected chi connectivity index (χ3v) is 7.43. The zero-order valence-corrected chi connectivity index (χ0v) is 17.9. The molecule has 0 aromatic heterocycles. The smallest absolute Gasteiger partial charge is 0.407 e. The first-order chi connectivity index (χ1) is 12.8. The quantitative estimate of drug-likeness (QED) is 0.737. The molecule has 5 heteroatoms. The number of ether oxygens (including phenoxy) is 2. The van der Waals surface area contributed by atoms with Crippen molar-refractivity contribution in [1.82, 2.24) is 10.2 Å². The first-order valence-electron chi connectivity index (χ1n) is 10.3. The van der Waals surface area contributed by atoms with Crippen molar-refractivity contribution < 1.29 is 14.3 Å². The number of amides is 1. The molecule has 27 heavy (non-hydrogen) atoms. The minimum absolute atomic E-state index is 0.0210. The molecule has 2 saturated carbocycles. The van der Waals surface area contributed by atoms with Gasteiger partial charge in [0.15, 0.2) is 0 Å². The van der Waals surface area contributed by atoms with Crippen LogP contribution in [0.25, 0.3) is 0 Å². The van der Waals surface area contributed by atoms with Crippen molar-refractivity contribution in [2.75, 3.05) is 20.8 Å². The summed E-state index contributed by atoms with van der Waals surface area (Å²) in [7, 11) is 3.24. The first-order valence-corrected chi connectivity index (χ1v) is 10.3. The van der Waals surface area contributed by atoms with E-state index >= 15 is 0 Å². The number of carbonyl (C=O) groups excluding carboxylic acids is 1. The molecule has 6 atom stereocenters. The van der Waals surface area contributed by atoms with Gasteiger partial charge in [-0.2, -0.15) is 0 Å². The van der Waals surface area contributed by atoms with Crippen LogP contribution in [0.15, 0.2) is 24.3 Å². The predicted molar refractivity (Wildman–Crippen MR) is 108 cm³/mol. The highest BCUT2D eigenvalue weighted by atomic mass is 16.5. The number of nitrogens with zero attached hydrogens (tertiary/aromatic N) is 1.